The van der Waals surface area contributed by atoms with Crippen LogP contribution in [0.15, 0.2) is 29.2 Å². The van der Waals surface area contributed by atoms with Gasteiger partial charge in [0.15, 0.2) is 12.4 Å². The number of H-pyrrole nitrogens is 1. The Kier molecular flexibility index (Phi) is 6.60. The molecule has 0 fully saturated rings. The van der Waals surface area contributed by atoms with E-state index in [1.807, 2.05) is 0 Å². The fraction of sp³-hybridized carbons (Fsp3) is 0.316. The van der Waals surface area contributed by atoms with Crippen molar-refractivity contribution in [2.24, 2.45) is 0 Å². The first kappa shape index (κ1) is 22.3. The number of aromatic nitrogens is 1. The highest BCUT2D eigenvalue weighted by Gasteiger charge is 2.21. The van der Waals surface area contributed by atoms with Gasteiger partial charge in [0.25, 0.3) is 5.91 Å². The molecule has 9 nitrogen and oxygen atoms in total. The number of Topliss-reactive ketones (excluding diaryl/α,β-unsaturated/α-hetero) is 1. The number of carbonyl (C=O) groups is 3. The van der Waals surface area contributed by atoms with Gasteiger partial charge in [0.2, 0.25) is 10.0 Å². The van der Waals surface area contributed by atoms with E-state index in [-0.39, 0.29) is 16.4 Å². The number of benzene rings is 1. The second-order valence-electron chi connectivity index (χ2n) is 6.62. The van der Waals surface area contributed by atoms with Crippen molar-refractivity contribution < 1.29 is 27.5 Å². The summed E-state index contributed by atoms with van der Waals surface area (Å²) in [6, 6.07) is 5.61. The zero-order chi connectivity index (χ0) is 21.9. The van der Waals surface area contributed by atoms with Crippen LogP contribution in [0.2, 0.25) is 0 Å². The van der Waals surface area contributed by atoms with Crippen molar-refractivity contribution in [2.45, 2.75) is 25.7 Å². The Hall–Kier alpha value is -2.98. The average molecular weight is 421 g/mol. The third-order valence-electron chi connectivity index (χ3n) is 4.24. The molecule has 0 saturated heterocycles. The van der Waals surface area contributed by atoms with Gasteiger partial charge in [-0.05, 0) is 50.6 Å². The molecule has 156 valence electrons. The van der Waals surface area contributed by atoms with E-state index in [9.17, 15) is 22.8 Å². The molecule has 0 bridgehead atoms. The molecule has 0 spiro atoms. The SMILES string of the molecule is CC(=O)c1c(C)[nH]c(C(=O)OCC(=O)Nc2ccc(S(=O)(=O)N(C)C)cc2)c1C. The maximum absolute atomic E-state index is 12.2. The van der Waals surface area contributed by atoms with Gasteiger partial charge in [0.1, 0.15) is 5.69 Å². The van der Waals surface area contributed by atoms with Crippen LogP contribution in [0.1, 0.15) is 39.0 Å². The summed E-state index contributed by atoms with van der Waals surface area (Å²) in [5, 5.41) is 2.52. The lowest BCUT2D eigenvalue weighted by Crippen LogP contribution is -2.23. The Morgan fingerprint density at radius 3 is 2.17 bits per heavy atom. The molecule has 2 N–H and O–H groups in total. The Morgan fingerprint density at radius 2 is 1.69 bits per heavy atom. The normalized spacial score (nSPS) is 11.4. The number of ketones is 1. The maximum Gasteiger partial charge on any atom is 0.355 e. The van der Waals surface area contributed by atoms with Gasteiger partial charge >= 0.3 is 5.97 Å². The van der Waals surface area contributed by atoms with Crippen molar-refractivity contribution in [3.8, 4) is 0 Å². The number of anilines is 1. The molecule has 0 unspecified atom stereocenters. The number of sulfonamides is 1. The van der Waals surface area contributed by atoms with E-state index in [4.69, 9.17) is 4.74 Å². The molecule has 0 radical (unpaired) electrons. The summed E-state index contributed by atoms with van der Waals surface area (Å²) in [7, 11) is -0.717. The summed E-state index contributed by atoms with van der Waals surface area (Å²) in [6.07, 6.45) is 0. The molecule has 0 atom stereocenters. The first-order valence-corrected chi connectivity index (χ1v) is 10.1. The molecule has 10 heteroatoms. The van der Waals surface area contributed by atoms with Crippen LogP contribution in [0.25, 0.3) is 0 Å². The number of nitrogens with zero attached hydrogens (tertiary/aromatic N) is 1. The smallest absolute Gasteiger partial charge is 0.355 e. The van der Waals surface area contributed by atoms with Gasteiger partial charge < -0.3 is 15.0 Å². The van der Waals surface area contributed by atoms with E-state index in [0.717, 1.165) is 4.31 Å². The lowest BCUT2D eigenvalue weighted by atomic mass is 10.1. The highest BCUT2D eigenvalue weighted by atomic mass is 32.2. The van der Waals surface area contributed by atoms with Crippen LogP contribution in [-0.2, 0) is 19.6 Å². The number of rotatable bonds is 7. The summed E-state index contributed by atoms with van der Waals surface area (Å²) >= 11 is 0. The Bertz CT molecular complexity index is 1050. The van der Waals surface area contributed by atoms with E-state index in [0.29, 0.717) is 22.5 Å². The zero-order valence-corrected chi connectivity index (χ0v) is 17.6. The van der Waals surface area contributed by atoms with E-state index in [1.54, 1.807) is 13.8 Å². The number of esters is 1. The van der Waals surface area contributed by atoms with Crippen LogP contribution < -0.4 is 5.32 Å². The number of carbonyl (C=O) groups excluding carboxylic acids is 3. The molecule has 2 rings (SSSR count). The number of hydrogen-bond acceptors (Lipinski definition) is 6. The zero-order valence-electron chi connectivity index (χ0n) is 16.8. The predicted molar refractivity (Wildman–Crippen MR) is 106 cm³/mol. The van der Waals surface area contributed by atoms with Gasteiger partial charge in [-0.15, -0.1) is 0 Å². The van der Waals surface area contributed by atoms with Crippen LogP contribution in [0.4, 0.5) is 5.69 Å². The Labute approximate surface area is 169 Å². The highest BCUT2D eigenvalue weighted by Crippen LogP contribution is 2.19. The molecule has 1 amide bonds. The molecule has 0 saturated carbocycles. The van der Waals surface area contributed by atoms with Crippen LogP contribution in [-0.4, -0.2) is 56.1 Å². The second-order valence-corrected chi connectivity index (χ2v) is 8.77. The molecule has 1 aromatic carbocycles. The third-order valence-corrected chi connectivity index (χ3v) is 6.07. The van der Waals surface area contributed by atoms with Crippen LogP contribution in [0.5, 0.6) is 0 Å². The molecular formula is C19H23N3O6S. The van der Waals surface area contributed by atoms with E-state index < -0.39 is 28.5 Å². The van der Waals surface area contributed by atoms with E-state index in [2.05, 4.69) is 10.3 Å². The van der Waals surface area contributed by atoms with Crippen molar-refractivity contribution in [1.82, 2.24) is 9.29 Å². The second kappa shape index (κ2) is 8.58. The molecule has 29 heavy (non-hydrogen) atoms. The van der Waals surface area contributed by atoms with Gasteiger partial charge in [0.05, 0.1) is 4.90 Å². The molecule has 1 heterocycles. The maximum atomic E-state index is 12.2. The monoisotopic (exact) mass is 421 g/mol. The number of aromatic amines is 1. The largest absolute Gasteiger partial charge is 0.451 e. The van der Waals surface area contributed by atoms with Crippen molar-refractivity contribution in [2.75, 3.05) is 26.0 Å². The van der Waals surface area contributed by atoms with Crippen LogP contribution >= 0.6 is 0 Å². The van der Waals surface area contributed by atoms with Crippen LogP contribution in [0, 0.1) is 13.8 Å². The number of amides is 1. The van der Waals surface area contributed by atoms with Crippen molar-refractivity contribution in [3.05, 3.63) is 46.8 Å². The third kappa shape index (κ3) is 4.90. The number of nitrogens with one attached hydrogen (secondary N) is 2. The topological polar surface area (TPSA) is 126 Å². The van der Waals surface area contributed by atoms with Gasteiger partial charge in [-0.25, -0.2) is 17.5 Å². The molecule has 0 aliphatic rings. The number of ether oxygens (including phenoxy) is 1. The fourth-order valence-electron chi connectivity index (χ4n) is 2.80. The Morgan fingerprint density at radius 1 is 1.10 bits per heavy atom. The lowest BCUT2D eigenvalue weighted by Gasteiger charge is -2.12. The highest BCUT2D eigenvalue weighted by molar-refractivity contribution is 7.89. The molecule has 0 aliphatic heterocycles. The van der Waals surface area contributed by atoms with Crippen LogP contribution in [0.3, 0.4) is 0 Å². The minimum absolute atomic E-state index is 0.0887. The van der Waals surface area contributed by atoms with Gasteiger partial charge in [-0.1, -0.05) is 0 Å². The molecular weight excluding hydrogens is 398 g/mol. The van der Waals surface area contributed by atoms with Crippen molar-refractivity contribution >= 4 is 33.4 Å². The first-order valence-electron chi connectivity index (χ1n) is 8.64. The minimum Gasteiger partial charge on any atom is -0.451 e. The lowest BCUT2D eigenvalue weighted by molar-refractivity contribution is -0.119. The van der Waals surface area contributed by atoms with Gasteiger partial charge in [0, 0.05) is 31.0 Å². The Balaban J connectivity index is 1.99. The number of hydrogen-bond donors (Lipinski definition) is 2. The summed E-state index contributed by atoms with van der Waals surface area (Å²) in [4.78, 5) is 38.8. The molecule has 2 aromatic rings. The predicted octanol–water partition coefficient (Wildman–Crippen LogP) is 1.88. The molecule has 0 aliphatic carbocycles. The molecule has 1 aromatic heterocycles. The fourth-order valence-corrected chi connectivity index (χ4v) is 3.71. The summed E-state index contributed by atoms with van der Waals surface area (Å²) in [6.45, 7) is 4.16. The summed E-state index contributed by atoms with van der Waals surface area (Å²) in [5.74, 6) is -1.51. The average Bonchev–Trinajstić information content (AvgIpc) is 2.94. The quantitative estimate of drug-likeness (QED) is 0.519. The number of aryl methyl sites for hydroxylation is 1. The summed E-state index contributed by atoms with van der Waals surface area (Å²) < 4.78 is 30.1. The summed E-state index contributed by atoms with van der Waals surface area (Å²) in [5.41, 5.74) is 1.93. The van der Waals surface area contributed by atoms with Crippen molar-refractivity contribution in [1.29, 1.82) is 0 Å². The van der Waals surface area contributed by atoms with Gasteiger partial charge in [-0.3, -0.25) is 9.59 Å². The minimum atomic E-state index is -3.56. The van der Waals surface area contributed by atoms with Gasteiger partial charge in [-0.2, -0.15) is 0 Å². The standard InChI is InChI=1S/C19H23N3O6S/c1-11-17(13(3)23)12(2)20-18(11)19(25)28-10-16(24)21-14-6-8-15(9-7-14)29(26,27)22(4)5/h6-9,20H,10H2,1-5H3,(H,21,24). The first-order chi connectivity index (χ1) is 13.4. The van der Waals surface area contributed by atoms with Crippen molar-refractivity contribution in [3.63, 3.8) is 0 Å². The van der Waals surface area contributed by atoms with E-state index >= 15 is 0 Å². The van der Waals surface area contributed by atoms with E-state index in [1.165, 1.54) is 45.3 Å².